The van der Waals surface area contributed by atoms with Gasteiger partial charge in [0, 0.05) is 5.56 Å². The van der Waals surface area contributed by atoms with Gasteiger partial charge in [0.2, 0.25) is 0 Å². The summed E-state index contributed by atoms with van der Waals surface area (Å²) in [5.74, 6) is 0.665. The van der Waals surface area contributed by atoms with Gasteiger partial charge in [-0.2, -0.15) is 0 Å². The zero-order chi connectivity index (χ0) is 13.6. The molecule has 1 aliphatic carbocycles. The lowest BCUT2D eigenvalue weighted by molar-refractivity contribution is 0.427. The van der Waals surface area contributed by atoms with Crippen molar-refractivity contribution in [3.63, 3.8) is 0 Å². The summed E-state index contributed by atoms with van der Waals surface area (Å²) >= 11 is 12.0. The number of halogens is 2. The van der Waals surface area contributed by atoms with Crippen LogP contribution in [0.5, 0.6) is 0 Å². The number of hydrogen-bond donors (Lipinski definition) is 1. The molecule has 0 atom stereocenters. The molecule has 1 aliphatic rings. The first kappa shape index (κ1) is 12.7. The summed E-state index contributed by atoms with van der Waals surface area (Å²) in [5, 5.41) is 12.6. The third-order valence-corrected chi connectivity index (χ3v) is 4.30. The first-order valence-electron chi connectivity index (χ1n) is 6.00. The van der Waals surface area contributed by atoms with Crippen molar-refractivity contribution >= 4 is 28.9 Å². The highest BCUT2D eigenvalue weighted by atomic mass is 35.5. The Balaban J connectivity index is 2.00. The van der Waals surface area contributed by atoms with Crippen molar-refractivity contribution in [2.75, 3.05) is 5.73 Å². The molecule has 1 fully saturated rings. The number of tetrazole rings is 1. The average Bonchev–Trinajstić information content (AvgIpc) is 2.89. The van der Waals surface area contributed by atoms with E-state index in [2.05, 4.69) is 22.4 Å². The Morgan fingerprint density at radius 3 is 2.74 bits per heavy atom. The highest BCUT2D eigenvalue weighted by Gasteiger charge is 2.38. The molecule has 1 aromatic carbocycles. The van der Waals surface area contributed by atoms with Gasteiger partial charge in [0.15, 0.2) is 5.82 Å². The van der Waals surface area contributed by atoms with Crippen LogP contribution in [-0.4, -0.2) is 20.2 Å². The molecule has 1 heterocycles. The molecule has 0 amide bonds. The van der Waals surface area contributed by atoms with E-state index < -0.39 is 0 Å². The van der Waals surface area contributed by atoms with Crippen LogP contribution in [0.4, 0.5) is 5.69 Å². The molecule has 0 aliphatic heterocycles. The Labute approximate surface area is 120 Å². The van der Waals surface area contributed by atoms with Gasteiger partial charge in [-0.25, -0.2) is 4.68 Å². The van der Waals surface area contributed by atoms with Crippen molar-refractivity contribution in [1.29, 1.82) is 0 Å². The minimum atomic E-state index is 0.311. The van der Waals surface area contributed by atoms with E-state index in [-0.39, 0.29) is 0 Å². The van der Waals surface area contributed by atoms with Gasteiger partial charge >= 0.3 is 0 Å². The van der Waals surface area contributed by atoms with Crippen LogP contribution < -0.4 is 5.73 Å². The van der Waals surface area contributed by atoms with Crippen molar-refractivity contribution in [3.8, 4) is 11.4 Å². The van der Waals surface area contributed by atoms with E-state index in [1.807, 2.05) is 0 Å². The molecule has 2 aromatic rings. The predicted molar refractivity (Wildman–Crippen MR) is 75.0 cm³/mol. The molecule has 100 valence electrons. The minimum Gasteiger partial charge on any atom is -0.397 e. The second-order valence-corrected chi connectivity index (χ2v) is 6.12. The van der Waals surface area contributed by atoms with E-state index in [0.29, 0.717) is 27.0 Å². The maximum Gasteiger partial charge on any atom is 0.182 e. The van der Waals surface area contributed by atoms with E-state index in [4.69, 9.17) is 28.9 Å². The molecule has 2 N–H and O–H groups in total. The lowest BCUT2D eigenvalue weighted by Crippen LogP contribution is -2.11. The summed E-state index contributed by atoms with van der Waals surface area (Å²) in [6, 6.07) is 3.48. The monoisotopic (exact) mass is 297 g/mol. The van der Waals surface area contributed by atoms with Gasteiger partial charge < -0.3 is 5.73 Å². The number of hydrogen-bond acceptors (Lipinski definition) is 4. The van der Waals surface area contributed by atoms with Crippen LogP contribution >= 0.6 is 23.2 Å². The van der Waals surface area contributed by atoms with E-state index >= 15 is 0 Å². The van der Waals surface area contributed by atoms with Crippen LogP contribution in [0.25, 0.3) is 11.4 Å². The van der Waals surface area contributed by atoms with Gasteiger partial charge in [0.25, 0.3) is 0 Å². The number of rotatable bonds is 3. The second kappa shape index (κ2) is 4.35. The lowest BCUT2D eigenvalue weighted by atomic mass is 10.1. The number of benzene rings is 1. The van der Waals surface area contributed by atoms with Crippen LogP contribution in [0.15, 0.2) is 12.1 Å². The zero-order valence-corrected chi connectivity index (χ0v) is 11.9. The van der Waals surface area contributed by atoms with Crippen LogP contribution in [0.1, 0.15) is 19.8 Å². The third kappa shape index (κ3) is 2.40. The number of anilines is 1. The van der Waals surface area contributed by atoms with Gasteiger partial charge in [-0.3, -0.25) is 0 Å². The quantitative estimate of drug-likeness (QED) is 0.884. The maximum atomic E-state index is 6.04. The standard InChI is InChI=1S/C12H13Cl2N5/c1-12(2-3-12)6-19-11(16-17-18-19)7-4-8(13)10(14)9(15)5-7/h4-5H,2-3,6,15H2,1H3. The largest absolute Gasteiger partial charge is 0.397 e. The van der Waals surface area contributed by atoms with Crippen LogP contribution in [-0.2, 0) is 6.54 Å². The number of nitrogen functional groups attached to an aromatic ring is 1. The molecular formula is C12H13Cl2N5. The normalized spacial score (nSPS) is 16.6. The van der Waals surface area contributed by atoms with E-state index in [1.54, 1.807) is 16.8 Å². The molecule has 3 rings (SSSR count). The number of nitrogens with two attached hydrogens (primary N) is 1. The molecule has 1 saturated carbocycles. The minimum absolute atomic E-state index is 0.311. The SMILES string of the molecule is CC1(Cn2nnnc2-c2cc(N)c(Cl)c(Cl)c2)CC1. The summed E-state index contributed by atoms with van der Waals surface area (Å²) < 4.78 is 1.80. The van der Waals surface area contributed by atoms with Gasteiger partial charge in [-0.1, -0.05) is 30.1 Å². The summed E-state index contributed by atoms with van der Waals surface area (Å²) in [7, 11) is 0. The van der Waals surface area contributed by atoms with Gasteiger partial charge in [-0.15, -0.1) is 5.10 Å². The molecular weight excluding hydrogens is 285 g/mol. The Hall–Kier alpha value is -1.33. The highest BCUT2D eigenvalue weighted by molar-refractivity contribution is 6.43. The molecule has 5 nitrogen and oxygen atoms in total. The van der Waals surface area contributed by atoms with Crippen molar-refractivity contribution in [3.05, 3.63) is 22.2 Å². The second-order valence-electron chi connectivity index (χ2n) is 5.33. The number of nitrogens with zero attached hydrogens (tertiary/aromatic N) is 4. The van der Waals surface area contributed by atoms with Gasteiger partial charge in [0.05, 0.1) is 22.3 Å². The zero-order valence-electron chi connectivity index (χ0n) is 10.4. The fraction of sp³-hybridized carbons (Fsp3) is 0.417. The van der Waals surface area contributed by atoms with Crippen LogP contribution in [0.2, 0.25) is 10.0 Å². The fourth-order valence-electron chi connectivity index (χ4n) is 1.99. The first-order chi connectivity index (χ1) is 8.98. The smallest absolute Gasteiger partial charge is 0.182 e. The molecule has 0 spiro atoms. The molecule has 19 heavy (non-hydrogen) atoms. The van der Waals surface area contributed by atoms with E-state index in [1.165, 1.54) is 12.8 Å². The molecule has 1 aromatic heterocycles. The van der Waals surface area contributed by atoms with E-state index in [9.17, 15) is 0 Å². The van der Waals surface area contributed by atoms with E-state index in [0.717, 1.165) is 12.1 Å². The maximum absolute atomic E-state index is 6.04. The Bertz CT molecular complexity index is 610. The summed E-state index contributed by atoms with van der Waals surface area (Å²) in [4.78, 5) is 0. The Kier molecular flexibility index (Phi) is 2.91. The van der Waals surface area contributed by atoms with Crippen molar-refractivity contribution < 1.29 is 0 Å². The van der Waals surface area contributed by atoms with Gasteiger partial charge in [-0.05, 0) is 40.8 Å². The van der Waals surface area contributed by atoms with Crippen molar-refractivity contribution in [2.45, 2.75) is 26.3 Å². The van der Waals surface area contributed by atoms with Crippen molar-refractivity contribution in [1.82, 2.24) is 20.2 Å². The lowest BCUT2D eigenvalue weighted by Gasteiger charge is -2.10. The first-order valence-corrected chi connectivity index (χ1v) is 6.75. The topological polar surface area (TPSA) is 69.6 Å². The van der Waals surface area contributed by atoms with Crippen molar-refractivity contribution in [2.24, 2.45) is 5.41 Å². The molecule has 0 radical (unpaired) electrons. The van der Waals surface area contributed by atoms with Crippen LogP contribution in [0, 0.1) is 5.41 Å². The predicted octanol–water partition coefficient (Wildman–Crippen LogP) is 3.03. The third-order valence-electron chi connectivity index (χ3n) is 3.48. The van der Waals surface area contributed by atoms with Crippen LogP contribution in [0.3, 0.4) is 0 Å². The molecule has 0 saturated heterocycles. The molecule has 0 unspecified atom stereocenters. The Morgan fingerprint density at radius 2 is 2.11 bits per heavy atom. The average molecular weight is 298 g/mol. The molecule has 7 heteroatoms. The molecule has 0 bridgehead atoms. The number of aromatic nitrogens is 4. The Morgan fingerprint density at radius 1 is 1.37 bits per heavy atom. The summed E-state index contributed by atoms with van der Waals surface area (Å²) in [6.07, 6.45) is 2.41. The summed E-state index contributed by atoms with van der Waals surface area (Å²) in [6.45, 7) is 3.02. The summed E-state index contributed by atoms with van der Waals surface area (Å²) in [5.41, 5.74) is 7.34. The van der Waals surface area contributed by atoms with Gasteiger partial charge in [0.1, 0.15) is 0 Å². The highest BCUT2D eigenvalue weighted by Crippen LogP contribution is 2.46. The fourth-order valence-corrected chi connectivity index (χ4v) is 2.33.